The quantitative estimate of drug-likeness (QED) is 0.0222. The third-order valence-corrected chi connectivity index (χ3v) is 22.3. The van der Waals surface area contributed by atoms with Crippen LogP contribution in [0, 0.1) is 17.8 Å². The van der Waals surface area contributed by atoms with Crippen LogP contribution in [0.2, 0.25) is 0 Å². The Balaban J connectivity index is 5.22. The molecular weight excluding hydrogens is 1380 g/mol. The van der Waals surface area contributed by atoms with Crippen LogP contribution < -0.4 is 0 Å². The van der Waals surface area contributed by atoms with Gasteiger partial charge in [0.15, 0.2) is 12.2 Å². The van der Waals surface area contributed by atoms with Crippen molar-refractivity contribution in [3.8, 4) is 0 Å². The van der Waals surface area contributed by atoms with Gasteiger partial charge in [0.1, 0.15) is 19.3 Å². The van der Waals surface area contributed by atoms with Crippen molar-refractivity contribution in [2.24, 2.45) is 17.8 Å². The topological polar surface area (TPSA) is 237 Å². The van der Waals surface area contributed by atoms with Gasteiger partial charge in [-0.1, -0.05) is 408 Å². The number of phosphoric acid groups is 2. The van der Waals surface area contributed by atoms with E-state index < -0.39 is 97.5 Å². The Morgan fingerprint density at radius 3 is 0.642 bits per heavy atom. The number of ether oxygens (including phenoxy) is 4. The predicted molar refractivity (Wildman–Crippen MR) is 437 cm³/mol. The van der Waals surface area contributed by atoms with E-state index in [9.17, 15) is 43.2 Å². The molecule has 5 atom stereocenters. The normalized spacial score (nSPS) is 13.9. The van der Waals surface area contributed by atoms with Gasteiger partial charge in [0, 0.05) is 25.7 Å². The third kappa shape index (κ3) is 80.1. The maximum absolute atomic E-state index is 13.2. The van der Waals surface area contributed by atoms with Crippen molar-refractivity contribution in [1.82, 2.24) is 0 Å². The predicted octanol–water partition coefficient (Wildman–Crippen LogP) is 26.5. The van der Waals surface area contributed by atoms with Gasteiger partial charge in [-0.05, 0) is 43.4 Å². The minimum atomic E-state index is -4.97. The van der Waals surface area contributed by atoms with Gasteiger partial charge in [0.05, 0.1) is 26.4 Å². The van der Waals surface area contributed by atoms with Gasteiger partial charge in [-0.15, -0.1) is 0 Å². The summed E-state index contributed by atoms with van der Waals surface area (Å²) in [6.45, 7) is 12.0. The molecule has 0 aliphatic carbocycles. The van der Waals surface area contributed by atoms with Gasteiger partial charge in [0.2, 0.25) is 0 Å². The summed E-state index contributed by atoms with van der Waals surface area (Å²) < 4.78 is 68.9. The number of rotatable bonds is 85. The molecule has 0 aliphatic rings. The van der Waals surface area contributed by atoms with E-state index in [1.54, 1.807) is 0 Å². The zero-order chi connectivity index (χ0) is 77.9. The Bertz CT molecular complexity index is 2040. The fraction of sp³-hybridized carbons (Fsp3) is 0.954. The molecule has 17 nitrogen and oxygen atoms in total. The molecule has 630 valence electrons. The molecule has 0 rings (SSSR count). The standard InChI is InChI=1S/C87H170O17P2/c1-8-9-10-11-12-13-14-15-16-17-18-19-20-21-22-23-31-36-41-48-56-63-70-86(91)103-82(74-97-84(89)68-61-54-47-40-35-30-26-24-28-33-38-44-51-58-65-78(2)3)76-101-105(93,94)99-72-81(88)73-100-106(95,96)102-77-83(75-98-85(90)69-62-55-50-43-46-53-60-67-80(6)7)104-87(92)71-64-57-49-42-37-32-27-25-29-34-39-45-52-59-66-79(4)5/h78-83,88H,8-77H2,1-7H3,(H,93,94)(H,95,96)/t81-,82-,83-/m1/s1. The summed E-state index contributed by atoms with van der Waals surface area (Å²) in [4.78, 5) is 73.2. The third-order valence-electron chi connectivity index (χ3n) is 20.4. The fourth-order valence-electron chi connectivity index (χ4n) is 13.5. The number of carbonyl (C=O) groups excluding carboxylic acids is 4. The average molecular weight is 1550 g/mol. The van der Waals surface area contributed by atoms with Crippen LogP contribution in [-0.2, 0) is 65.4 Å². The van der Waals surface area contributed by atoms with Crippen molar-refractivity contribution < 1.29 is 80.2 Å². The molecule has 0 radical (unpaired) electrons. The van der Waals surface area contributed by atoms with Gasteiger partial charge in [0.25, 0.3) is 0 Å². The Kier molecular flexibility index (Phi) is 75.6. The highest BCUT2D eigenvalue weighted by Gasteiger charge is 2.30. The smallest absolute Gasteiger partial charge is 0.462 e. The second-order valence-corrected chi connectivity index (χ2v) is 35.6. The lowest BCUT2D eigenvalue weighted by Crippen LogP contribution is -2.30. The Morgan fingerprint density at radius 2 is 0.434 bits per heavy atom. The van der Waals surface area contributed by atoms with Crippen LogP contribution in [0.25, 0.3) is 0 Å². The second kappa shape index (κ2) is 77.0. The van der Waals surface area contributed by atoms with Gasteiger partial charge in [-0.2, -0.15) is 0 Å². The summed E-state index contributed by atoms with van der Waals surface area (Å²) in [6, 6.07) is 0. The first kappa shape index (κ1) is 104. The van der Waals surface area contributed by atoms with Crippen molar-refractivity contribution in [1.29, 1.82) is 0 Å². The number of aliphatic hydroxyl groups is 1. The van der Waals surface area contributed by atoms with E-state index in [1.807, 2.05) is 0 Å². The lowest BCUT2D eigenvalue weighted by molar-refractivity contribution is -0.161. The molecule has 0 aromatic rings. The molecule has 0 bridgehead atoms. The fourth-order valence-corrected chi connectivity index (χ4v) is 15.1. The minimum absolute atomic E-state index is 0.107. The Morgan fingerprint density at radius 1 is 0.255 bits per heavy atom. The molecule has 0 fully saturated rings. The number of phosphoric ester groups is 2. The van der Waals surface area contributed by atoms with Gasteiger partial charge in [-0.3, -0.25) is 37.3 Å². The van der Waals surface area contributed by atoms with Crippen LogP contribution in [0.4, 0.5) is 0 Å². The van der Waals surface area contributed by atoms with E-state index in [0.717, 1.165) is 108 Å². The number of esters is 4. The van der Waals surface area contributed by atoms with Crippen molar-refractivity contribution in [3.05, 3.63) is 0 Å². The van der Waals surface area contributed by atoms with Crippen LogP contribution in [0.3, 0.4) is 0 Å². The molecule has 0 aromatic carbocycles. The lowest BCUT2D eigenvalue weighted by Gasteiger charge is -2.21. The highest BCUT2D eigenvalue weighted by molar-refractivity contribution is 7.47. The van der Waals surface area contributed by atoms with Gasteiger partial charge >= 0.3 is 39.5 Å². The summed E-state index contributed by atoms with van der Waals surface area (Å²) >= 11 is 0. The molecule has 19 heteroatoms. The molecule has 0 aromatic heterocycles. The average Bonchev–Trinajstić information content (AvgIpc) is 0.902. The van der Waals surface area contributed by atoms with Gasteiger partial charge < -0.3 is 33.8 Å². The lowest BCUT2D eigenvalue weighted by atomic mass is 10.0. The highest BCUT2D eigenvalue weighted by Crippen LogP contribution is 2.45. The van der Waals surface area contributed by atoms with Crippen LogP contribution in [0.15, 0.2) is 0 Å². The summed E-state index contributed by atoms with van der Waals surface area (Å²) in [5.41, 5.74) is 0. The molecule has 0 spiro atoms. The molecular formula is C87H170O17P2. The number of carbonyl (C=O) groups is 4. The van der Waals surface area contributed by atoms with Crippen molar-refractivity contribution in [3.63, 3.8) is 0 Å². The largest absolute Gasteiger partial charge is 0.472 e. The minimum Gasteiger partial charge on any atom is -0.462 e. The maximum Gasteiger partial charge on any atom is 0.472 e. The first-order chi connectivity index (χ1) is 51.2. The van der Waals surface area contributed by atoms with Crippen molar-refractivity contribution >= 4 is 39.5 Å². The first-order valence-electron chi connectivity index (χ1n) is 44.8. The van der Waals surface area contributed by atoms with E-state index >= 15 is 0 Å². The maximum atomic E-state index is 13.2. The molecule has 0 heterocycles. The number of hydrogen-bond acceptors (Lipinski definition) is 15. The molecule has 2 unspecified atom stereocenters. The molecule has 106 heavy (non-hydrogen) atoms. The van der Waals surface area contributed by atoms with Gasteiger partial charge in [-0.25, -0.2) is 9.13 Å². The SMILES string of the molecule is CCCCCCCCCCCCCCCCCCCCCCCCC(=O)O[C@H](COC(=O)CCCCCCCCCCCCCCCCC(C)C)COP(=O)(O)OC[C@@H](O)COP(=O)(O)OC[C@@H](COC(=O)CCCCCCCCCC(C)C)OC(=O)CCCCCCCCCCCCCCCCC(C)C. The van der Waals surface area contributed by atoms with Crippen LogP contribution in [0.5, 0.6) is 0 Å². The van der Waals surface area contributed by atoms with Crippen LogP contribution in [-0.4, -0.2) is 96.7 Å². The van der Waals surface area contributed by atoms with Crippen molar-refractivity contribution in [2.45, 2.75) is 478 Å². The molecule has 0 saturated carbocycles. The zero-order valence-electron chi connectivity index (χ0n) is 69.9. The molecule has 0 aliphatic heterocycles. The zero-order valence-corrected chi connectivity index (χ0v) is 71.7. The summed E-state index contributed by atoms with van der Waals surface area (Å²) in [6.07, 6.45) is 68.2. The second-order valence-electron chi connectivity index (χ2n) is 32.7. The summed E-state index contributed by atoms with van der Waals surface area (Å²) in [5.74, 6) is 0.194. The van der Waals surface area contributed by atoms with E-state index in [2.05, 4.69) is 48.5 Å². The van der Waals surface area contributed by atoms with E-state index in [4.69, 9.17) is 37.0 Å². The highest BCUT2D eigenvalue weighted by atomic mass is 31.2. The number of unbranched alkanes of at least 4 members (excludes halogenated alkanes) is 53. The first-order valence-corrected chi connectivity index (χ1v) is 47.8. The van der Waals surface area contributed by atoms with E-state index in [-0.39, 0.29) is 25.7 Å². The Hall–Kier alpha value is -1.94. The number of hydrogen-bond donors (Lipinski definition) is 3. The number of aliphatic hydroxyl groups excluding tert-OH is 1. The van der Waals surface area contributed by atoms with E-state index in [1.165, 1.54) is 263 Å². The molecule has 0 saturated heterocycles. The van der Waals surface area contributed by atoms with Crippen LogP contribution in [0.1, 0.15) is 459 Å². The molecule has 0 amide bonds. The Labute approximate surface area is 651 Å². The van der Waals surface area contributed by atoms with Crippen molar-refractivity contribution in [2.75, 3.05) is 39.6 Å². The summed E-state index contributed by atoms with van der Waals surface area (Å²) in [7, 11) is -9.93. The summed E-state index contributed by atoms with van der Waals surface area (Å²) in [5, 5.41) is 10.7. The monoisotopic (exact) mass is 1550 g/mol. The van der Waals surface area contributed by atoms with E-state index in [0.29, 0.717) is 31.6 Å². The molecule has 3 N–H and O–H groups in total. The van der Waals surface area contributed by atoms with Crippen LogP contribution >= 0.6 is 15.6 Å².